The highest BCUT2D eigenvalue weighted by molar-refractivity contribution is 5.88. The SMILES string of the molecule is COc1cc(C2(C(=O)NCC(C)CN)CCCC2)ccc1C.Cl. The summed E-state index contributed by atoms with van der Waals surface area (Å²) in [7, 11) is 1.68. The molecule has 23 heavy (non-hydrogen) atoms. The number of benzene rings is 1. The Labute approximate surface area is 145 Å². The average Bonchev–Trinajstić information content (AvgIpc) is 3.03. The van der Waals surface area contributed by atoms with E-state index in [1.807, 2.05) is 19.1 Å². The molecule has 1 aliphatic rings. The molecule has 0 bridgehead atoms. The summed E-state index contributed by atoms with van der Waals surface area (Å²) in [6.45, 7) is 5.30. The summed E-state index contributed by atoms with van der Waals surface area (Å²) in [6.07, 6.45) is 4.00. The van der Waals surface area contributed by atoms with Crippen molar-refractivity contribution in [1.82, 2.24) is 5.32 Å². The quantitative estimate of drug-likeness (QED) is 0.836. The second kappa shape index (κ2) is 8.55. The third-order valence-corrected chi connectivity index (χ3v) is 4.87. The van der Waals surface area contributed by atoms with Crippen LogP contribution >= 0.6 is 12.4 Å². The average molecular weight is 341 g/mol. The first-order valence-electron chi connectivity index (χ1n) is 8.17. The molecule has 4 nitrogen and oxygen atoms in total. The van der Waals surface area contributed by atoms with Gasteiger partial charge in [0.2, 0.25) is 5.91 Å². The highest BCUT2D eigenvalue weighted by Crippen LogP contribution is 2.42. The molecule has 0 heterocycles. The Kier molecular flexibility index (Phi) is 7.36. The van der Waals surface area contributed by atoms with Crippen molar-refractivity contribution in [3.05, 3.63) is 29.3 Å². The minimum atomic E-state index is -0.407. The zero-order valence-corrected chi connectivity index (χ0v) is 15.2. The van der Waals surface area contributed by atoms with Crippen LogP contribution < -0.4 is 15.8 Å². The molecule has 0 aliphatic heterocycles. The number of methoxy groups -OCH3 is 1. The van der Waals surface area contributed by atoms with Crippen LogP contribution in [0, 0.1) is 12.8 Å². The molecule has 1 atom stereocenters. The molecule has 3 N–H and O–H groups in total. The van der Waals surface area contributed by atoms with Crippen LogP contribution in [0.25, 0.3) is 0 Å². The molecule has 0 spiro atoms. The summed E-state index contributed by atoms with van der Waals surface area (Å²) in [4.78, 5) is 12.9. The van der Waals surface area contributed by atoms with E-state index in [2.05, 4.69) is 18.3 Å². The number of carbonyl (C=O) groups is 1. The van der Waals surface area contributed by atoms with Crippen molar-refractivity contribution in [2.45, 2.75) is 44.9 Å². The topological polar surface area (TPSA) is 64.3 Å². The van der Waals surface area contributed by atoms with Gasteiger partial charge < -0.3 is 15.8 Å². The maximum Gasteiger partial charge on any atom is 0.230 e. The molecule has 5 heteroatoms. The Bertz CT molecular complexity index is 528. The molecule has 130 valence electrons. The summed E-state index contributed by atoms with van der Waals surface area (Å²) in [5, 5.41) is 3.11. The lowest BCUT2D eigenvalue weighted by molar-refractivity contribution is -0.126. The zero-order valence-electron chi connectivity index (χ0n) is 14.4. The van der Waals surface area contributed by atoms with E-state index in [1.165, 1.54) is 0 Å². The summed E-state index contributed by atoms with van der Waals surface area (Å²) in [5.41, 5.74) is 7.40. The van der Waals surface area contributed by atoms with Gasteiger partial charge in [0, 0.05) is 6.54 Å². The van der Waals surface area contributed by atoms with Crippen molar-refractivity contribution in [2.75, 3.05) is 20.2 Å². The van der Waals surface area contributed by atoms with E-state index >= 15 is 0 Å². The lowest BCUT2D eigenvalue weighted by atomic mass is 9.77. The minimum absolute atomic E-state index is 0. The summed E-state index contributed by atoms with van der Waals surface area (Å²) in [5.74, 6) is 1.29. The van der Waals surface area contributed by atoms with Crippen LogP contribution in [0.1, 0.15) is 43.7 Å². The number of aryl methyl sites for hydroxylation is 1. The summed E-state index contributed by atoms with van der Waals surface area (Å²) in [6, 6.07) is 6.16. The third kappa shape index (κ3) is 4.18. The van der Waals surface area contributed by atoms with E-state index in [0.29, 0.717) is 19.0 Å². The van der Waals surface area contributed by atoms with E-state index in [1.54, 1.807) is 7.11 Å². The Morgan fingerprint density at radius 1 is 1.39 bits per heavy atom. The van der Waals surface area contributed by atoms with Crippen molar-refractivity contribution in [1.29, 1.82) is 0 Å². The fourth-order valence-corrected chi connectivity index (χ4v) is 3.26. The van der Waals surface area contributed by atoms with Gasteiger partial charge in [-0.25, -0.2) is 0 Å². The van der Waals surface area contributed by atoms with E-state index in [0.717, 1.165) is 42.6 Å². The van der Waals surface area contributed by atoms with Crippen molar-refractivity contribution in [3.63, 3.8) is 0 Å². The second-order valence-electron chi connectivity index (χ2n) is 6.52. The van der Waals surface area contributed by atoms with Gasteiger partial charge in [0.25, 0.3) is 0 Å². The van der Waals surface area contributed by atoms with E-state index in [9.17, 15) is 4.79 Å². The predicted molar refractivity (Wildman–Crippen MR) is 96.4 cm³/mol. The van der Waals surface area contributed by atoms with E-state index < -0.39 is 5.41 Å². The number of amides is 1. The number of carbonyl (C=O) groups excluding carboxylic acids is 1. The van der Waals surface area contributed by atoms with Crippen molar-refractivity contribution in [2.24, 2.45) is 11.7 Å². The van der Waals surface area contributed by atoms with Crippen LogP contribution in [0.5, 0.6) is 5.75 Å². The number of hydrogen-bond donors (Lipinski definition) is 2. The first kappa shape index (κ1) is 19.8. The van der Waals surface area contributed by atoms with Gasteiger partial charge in [-0.1, -0.05) is 31.9 Å². The van der Waals surface area contributed by atoms with Gasteiger partial charge in [-0.15, -0.1) is 12.4 Å². The van der Waals surface area contributed by atoms with Crippen LogP contribution in [0.15, 0.2) is 18.2 Å². The van der Waals surface area contributed by atoms with Gasteiger partial charge in [0.05, 0.1) is 12.5 Å². The maximum atomic E-state index is 12.9. The molecular weight excluding hydrogens is 312 g/mol. The van der Waals surface area contributed by atoms with Gasteiger partial charge in [-0.2, -0.15) is 0 Å². The lowest BCUT2D eigenvalue weighted by Gasteiger charge is -2.29. The molecular formula is C18H29ClN2O2. The van der Waals surface area contributed by atoms with E-state index in [-0.39, 0.29) is 18.3 Å². The van der Waals surface area contributed by atoms with Gasteiger partial charge in [0.1, 0.15) is 5.75 Å². The van der Waals surface area contributed by atoms with Gasteiger partial charge >= 0.3 is 0 Å². The molecule has 1 aromatic carbocycles. The summed E-state index contributed by atoms with van der Waals surface area (Å²) >= 11 is 0. The van der Waals surface area contributed by atoms with Crippen LogP contribution in [0.2, 0.25) is 0 Å². The summed E-state index contributed by atoms with van der Waals surface area (Å²) < 4.78 is 5.44. The number of halogens is 1. The van der Waals surface area contributed by atoms with Crippen LogP contribution in [0.3, 0.4) is 0 Å². The molecule has 1 fully saturated rings. The Morgan fingerprint density at radius 3 is 2.61 bits per heavy atom. The first-order chi connectivity index (χ1) is 10.5. The van der Waals surface area contributed by atoms with Gasteiger partial charge in [-0.05, 0) is 49.4 Å². The fourth-order valence-electron chi connectivity index (χ4n) is 3.26. The van der Waals surface area contributed by atoms with Crippen LogP contribution in [-0.2, 0) is 10.2 Å². The molecule has 0 saturated heterocycles. The standard InChI is InChI=1S/C18H28N2O2.ClH/c1-13(11-19)12-20-17(21)18(8-4-5-9-18)15-7-6-14(2)16(10-15)22-3;/h6-7,10,13H,4-5,8-9,11-12,19H2,1-3H3,(H,20,21);1H. The number of nitrogens with two attached hydrogens (primary N) is 1. The second-order valence-corrected chi connectivity index (χ2v) is 6.52. The molecule has 1 saturated carbocycles. The monoisotopic (exact) mass is 340 g/mol. The maximum absolute atomic E-state index is 12.9. The molecule has 2 rings (SSSR count). The first-order valence-corrected chi connectivity index (χ1v) is 8.17. The minimum Gasteiger partial charge on any atom is -0.496 e. The van der Waals surface area contributed by atoms with Crippen LogP contribution in [0.4, 0.5) is 0 Å². The largest absolute Gasteiger partial charge is 0.496 e. The van der Waals surface area contributed by atoms with Crippen molar-refractivity contribution in [3.8, 4) is 5.75 Å². The predicted octanol–water partition coefficient (Wildman–Crippen LogP) is 2.95. The normalized spacial score (nSPS) is 17.2. The lowest BCUT2D eigenvalue weighted by Crippen LogP contribution is -2.44. The molecule has 1 aromatic rings. The van der Waals surface area contributed by atoms with Gasteiger partial charge in [-0.3, -0.25) is 4.79 Å². The molecule has 1 unspecified atom stereocenters. The number of ether oxygens (including phenoxy) is 1. The van der Waals surface area contributed by atoms with E-state index in [4.69, 9.17) is 10.5 Å². The molecule has 0 aromatic heterocycles. The highest BCUT2D eigenvalue weighted by atomic mass is 35.5. The number of rotatable bonds is 6. The third-order valence-electron chi connectivity index (χ3n) is 4.87. The number of hydrogen-bond acceptors (Lipinski definition) is 3. The smallest absolute Gasteiger partial charge is 0.230 e. The van der Waals surface area contributed by atoms with Gasteiger partial charge in [0.15, 0.2) is 0 Å². The molecule has 1 aliphatic carbocycles. The molecule has 0 radical (unpaired) electrons. The Balaban J connectivity index is 0.00000264. The van der Waals surface area contributed by atoms with Crippen molar-refractivity contribution >= 4 is 18.3 Å². The Hall–Kier alpha value is -1.26. The Morgan fingerprint density at radius 2 is 2.04 bits per heavy atom. The number of nitrogens with one attached hydrogen (secondary N) is 1. The highest BCUT2D eigenvalue weighted by Gasteiger charge is 2.42. The van der Waals surface area contributed by atoms with Crippen LogP contribution in [-0.4, -0.2) is 26.1 Å². The molecule has 1 amide bonds. The van der Waals surface area contributed by atoms with Crippen molar-refractivity contribution < 1.29 is 9.53 Å². The zero-order chi connectivity index (χ0) is 16.2. The fraction of sp³-hybridized carbons (Fsp3) is 0.611.